The lowest BCUT2D eigenvalue weighted by Crippen LogP contribution is -2.30. The van der Waals surface area contributed by atoms with Gasteiger partial charge in [0, 0.05) is 25.7 Å². The molecule has 0 saturated heterocycles. The van der Waals surface area contributed by atoms with Gasteiger partial charge in [0.25, 0.3) is 0 Å². The minimum absolute atomic E-state index is 0.106. The highest BCUT2D eigenvalue weighted by Crippen LogP contribution is 2.45. The van der Waals surface area contributed by atoms with E-state index in [9.17, 15) is 43.2 Å². The van der Waals surface area contributed by atoms with E-state index >= 15 is 0 Å². The third-order valence-corrected chi connectivity index (χ3v) is 19.6. The first-order chi connectivity index (χ1) is 45.9. The van der Waals surface area contributed by atoms with Gasteiger partial charge in [-0.1, -0.05) is 343 Å². The Morgan fingerprint density at radius 2 is 0.484 bits per heavy atom. The Morgan fingerprint density at radius 1 is 0.284 bits per heavy atom. The number of ether oxygens (including phenoxy) is 4. The molecule has 0 aliphatic heterocycles. The SMILES string of the molecule is CCCCCCCCCCCCCCCCCCCCCC(=O)O[C@H](COC(=O)CCCCCCCCCCCCCC(C)C)COP(=O)(O)OC[C@@H](O)COP(=O)(O)OC[C@@H](COC(=O)CCCCCCCCCCCC)OC(=O)CCCCCCCCCCCC(C)C. The van der Waals surface area contributed by atoms with Crippen LogP contribution in [-0.4, -0.2) is 96.7 Å². The smallest absolute Gasteiger partial charge is 0.462 e. The monoisotopic (exact) mass is 1400 g/mol. The van der Waals surface area contributed by atoms with Crippen molar-refractivity contribution in [2.24, 2.45) is 11.8 Å². The number of carbonyl (C=O) groups excluding carboxylic acids is 4. The average molecular weight is 1400 g/mol. The van der Waals surface area contributed by atoms with Crippen LogP contribution in [0.3, 0.4) is 0 Å². The fraction of sp³-hybridized carbons (Fsp3) is 0.947. The Balaban J connectivity index is 5.23. The van der Waals surface area contributed by atoms with Crippen molar-refractivity contribution in [3.8, 4) is 0 Å². The molecular weight excluding hydrogens is 1250 g/mol. The van der Waals surface area contributed by atoms with E-state index in [1.54, 1.807) is 0 Å². The first kappa shape index (κ1) is 93.1. The van der Waals surface area contributed by atoms with Crippen LogP contribution in [0.1, 0.15) is 395 Å². The molecule has 0 fully saturated rings. The minimum Gasteiger partial charge on any atom is -0.462 e. The lowest BCUT2D eigenvalue weighted by atomic mass is 10.0. The third-order valence-electron chi connectivity index (χ3n) is 17.7. The Kier molecular flexibility index (Phi) is 66.5. The van der Waals surface area contributed by atoms with Crippen LogP contribution >= 0.6 is 15.6 Å². The Hall–Kier alpha value is -1.94. The molecule has 0 aromatic heterocycles. The van der Waals surface area contributed by atoms with Gasteiger partial charge in [-0.25, -0.2) is 9.13 Å². The average Bonchev–Trinajstić information content (AvgIpc) is 2.57. The summed E-state index contributed by atoms with van der Waals surface area (Å²) in [6.07, 6.45) is 55.5. The molecule has 0 saturated carbocycles. The summed E-state index contributed by atoms with van der Waals surface area (Å²) < 4.78 is 68.5. The maximum atomic E-state index is 13.1. The van der Waals surface area contributed by atoms with Crippen molar-refractivity contribution in [2.75, 3.05) is 39.6 Å². The number of aliphatic hydroxyl groups excluding tert-OH is 1. The first-order valence-electron chi connectivity index (χ1n) is 39.5. The molecule has 17 nitrogen and oxygen atoms in total. The number of phosphoric ester groups is 2. The predicted octanol–water partition coefficient (Wildman–Crippen LogP) is 22.3. The fourth-order valence-electron chi connectivity index (χ4n) is 11.7. The van der Waals surface area contributed by atoms with E-state index < -0.39 is 97.5 Å². The molecule has 0 rings (SSSR count). The van der Waals surface area contributed by atoms with E-state index in [2.05, 4.69) is 41.5 Å². The van der Waals surface area contributed by atoms with Gasteiger partial charge in [-0.2, -0.15) is 0 Å². The maximum absolute atomic E-state index is 13.1. The van der Waals surface area contributed by atoms with Crippen molar-refractivity contribution in [1.82, 2.24) is 0 Å². The molecule has 0 amide bonds. The highest BCUT2D eigenvalue weighted by Gasteiger charge is 2.30. The van der Waals surface area contributed by atoms with Crippen LogP contribution in [0.5, 0.6) is 0 Å². The topological polar surface area (TPSA) is 237 Å². The van der Waals surface area contributed by atoms with Crippen molar-refractivity contribution in [2.45, 2.75) is 413 Å². The number of hydrogen-bond acceptors (Lipinski definition) is 15. The van der Waals surface area contributed by atoms with E-state index in [4.69, 9.17) is 37.0 Å². The van der Waals surface area contributed by atoms with E-state index in [0.717, 1.165) is 102 Å². The molecule has 0 aliphatic carbocycles. The third kappa shape index (κ3) is 70.3. The van der Waals surface area contributed by atoms with Gasteiger partial charge in [-0.05, 0) is 37.5 Å². The number of esters is 4. The molecule has 0 radical (unpaired) electrons. The molecule has 19 heteroatoms. The van der Waals surface area contributed by atoms with Crippen LogP contribution in [0.4, 0.5) is 0 Å². The zero-order valence-corrected chi connectivity index (χ0v) is 63.8. The normalized spacial score (nSPS) is 14.0. The largest absolute Gasteiger partial charge is 0.472 e. The second kappa shape index (κ2) is 67.9. The first-order valence-corrected chi connectivity index (χ1v) is 42.5. The summed E-state index contributed by atoms with van der Waals surface area (Å²) >= 11 is 0. The van der Waals surface area contributed by atoms with Crippen LogP contribution in [-0.2, 0) is 65.4 Å². The van der Waals surface area contributed by atoms with Gasteiger partial charge in [0.05, 0.1) is 26.4 Å². The van der Waals surface area contributed by atoms with Gasteiger partial charge in [0.2, 0.25) is 0 Å². The zero-order chi connectivity index (χ0) is 70.0. The van der Waals surface area contributed by atoms with Gasteiger partial charge >= 0.3 is 39.5 Å². The summed E-state index contributed by atoms with van der Waals surface area (Å²) in [4.78, 5) is 72.8. The molecule has 0 aromatic rings. The summed E-state index contributed by atoms with van der Waals surface area (Å²) in [7, 11) is -9.91. The summed E-state index contributed by atoms with van der Waals surface area (Å²) in [5, 5.41) is 10.6. The van der Waals surface area contributed by atoms with Gasteiger partial charge in [0.15, 0.2) is 12.2 Å². The summed E-state index contributed by atoms with van der Waals surface area (Å²) in [5.41, 5.74) is 0. The maximum Gasteiger partial charge on any atom is 0.472 e. The molecule has 5 atom stereocenters. The Bertz CT molecular complexity index is 1840. The standard InChI is InChI=1S/C76H148O17P2/c1-7-9-11-13-15-17-19-20-21-22-23-24-25-26-29-36-42-48-54-60-75(80)92-71(65-87-74(79)59-53-47-41-35-30-27-28-32-38-44-50-56-68(3)4)66-90-94(82,83)88-62-70(77)63-89-95(84,85)91-67-72(64-86-73(78)58-52-46-40-34-18-16-14-12-10-8-2)93-76(81)61-55-49-43-37-31-33-39-45-51-57-69(5)6/h68-72,77H,7-67H2,1-6H3,(H,82,83)(H,84,85)/t70-,71-,72-/m1/s1. The summed E-state index contributed by atoms with van der Waals surface area (Å²) in [6, 6.07) is 0. The molecule has 0 spiro atoms. The predicted molar refractivity (Wildman–Crippen MR) is 386 cm³/mol. The number of hydrogen-bond donors (Lipinski definition) is 3. The van der Waals surface area contributed by atoms with Crippen molar-refractivity contribution in [3.05, 3.63) is 0 Å². The van der Waals surface area contributed by atoms with E-state index in [1.807, 2.05) is 0 Å². The number of phosphoric acid groups is 2. The lowest BCUT2D eigenvalue weighted by molar-refractivity contribution is -0.161. The molecular formula is C76H148O17P2. The van der Waals surface area contributed by atoms with Crippen LogP contribution in [0.15, 0.2) is 0 Å². The molecule has 0 bridgehead atoms. The number of rotatable bonds is 75. The number of aliphatic hydroxyl groups is 1. The van der Waals surface area contributed by atoms with Crippen LogP contribution in [0.2, 0.25) is 0 Å². The zero-order valence-electron chi connectivity index (χ0n) is 62.0. The number of carbonyl (C=O) groups is 4. The summed E-state index contributed by atoms with van der Waals surface area (Å²) in [6.45, 7) is 9.57. The second-order valence-corrected chi connectivity index (χ2v) is 31.3. The van der Waals surface area contributed by atoms with E-state index in [1.165, 1.54) is 212 Å². The Morgan fingerprint density at radius 3 is 0.716 bits per heavy atom. The quantitative estimate of drug-likeness (QED) is 0.0222. The second-order valence-electron chi connectivity index (χ2n) is 28.3. The van der Waals surface area contributed by atoms with Crippen molar-refractivity contribution in [3.63, 3.8) is 0 Å². The molecule has 0 aromatic carbocycles. The van der Waals surface area contributed by atoms with Crippen LogP contribution in [0.25, 0.3) is 0 Å². The van der Waals surface area contributed by atoms with E-state index in [0.29, 0.717) is 25.7 Å². The van der Waals surface area contributed by atoms with Gasteiger partial charge in [-0.3, -0.25) is 37.3 Å². The van der Waals surface area contributed by atoms with Crippen LogP contribution in [0, 0.1) is 11.8 Å². The number of unbranched alkanes of at least 4 members (excludes halogenated alkanes) is 45. The molecule has 564 valence electrons. The lowest BCUT2D eigenvalue weighted by Gasteiger charge is -2.21. The van der Waals surface area contributed by atoms with E-state index in [-0.39, 0.29) is 25.7 Å². The van der Waals surface area contributed by atoms with Crippen LogP contribution < -0.4 is 0 Å². The van der Waals surface area contributed by atoms with Gasteiger partial charge < -0.3 is 33.8 Å². The van der Waals surface area contributed by atoms with Gasteiger partial charge in [0.1, 0.15) is 19.3 Å². The van der Waals surface area contributed by atoms with Gasteiger partial charge in [-0.15, -0.1) is 0 Å². The highest BCUT2D eigenvalue weighted by molar-refractivity contribution is 7.47. The molecule has 0 heterocycles. The van der Waals surface area contributed by atoms with Crippen molar-refractivity contribution >= 4 is 39.5 Å². The molecule has 3 N–H and O–H groups in total. The summed E-state index contributed by atoms with van der Waals surface area (Å²) in [5.74, 6) is -0.609. The molecule has 0 aliphatic rings. The Labute approximate surface area is 581 Å². The van der Waals surface area contributed by atoms with Crippen molar-refractivity contribution in [1.29, 1.82) is 0 Å². The minimum atomic E-state index is -4.96. The highest BCUT2D eigenvalue weighted by atomic mass is 31.2. The molecule has 2 unspecified atom stereocenters. The molecule has 95 heavy (non-hydrogen) atoms. The fourth-order valence-corrected chi connectivity index (χ4v) is 13.2. The van der Waals surface area contributed by atoms with Crippen molar-refractivity contribution < 1.29 is 80.2 Å².